The molecule has 7 heteroatoms. The number of benzene rings is 1. The first-order chi connectivity index (χ1) is 14.9. The highest BCUT2D eigenvalue weighted by molar-refractivity contribution is 5.55. The van der Waals surface area contributed by atoms with Gasteiger partial charge in [-0.2, -0.15) is 5.10 Å². The third kappa shape index (κ3) is 2.90. The first-order valence-corrected chi connectivity index (χ1v) is 11.0. The predicted molar refractivity (Wildman–Crippen MR) is 116 cm³/mol. The van der Waals surface area contributed by atoms with E-state index in [0.29, 0.717) is 17.8 Å². The van der Waals surface area contributed by atoms with Crippen molar-refractivity contribution in [2.24, 2.45) is 0 Å². The Morgan fingerprint density at radius 2 is 2.03 bits per heavy atom. The Hall–Kier alpha value is -2.80. The fourth-order valence-corrected chi connectivity index (χ4v) is 5.28. The molecule has 31 heavy (non-hydrogen) atoms. The van der Waals surface area contributed by atoms with Gasteiger partial charge >= 0.3 is 0 Å². The lowest BCUT2D eigenvalue weighted by Gasteiger charge is -2.36. The molecule has 3 aliphatic rings. The van der Waals surface area contributed by atoms with Gasteiger partial charge in [0.2, 0.25) is 12.5 Å². The number of fused-ring (bicyclic) bond motifs is 7. The highest BCUT2D eigenvalue weighted by atomic mass is 16.7. The van der Waals surface area contributed by atoms with E-state index >= 15 is 0 Å². The first-order valence-electron chi connectivity index (χ1n) is 11.0. The van der Waals surface area contributed by atoms with E-state index in [-0.39, 0.29) is 12.2 Å². The largest absolute Gasteiger partial charge is 0.493 e. The summed E-state index contributed by atoms with van der Waals surface area (Å²) in [7, 11) is 1.68. The summed E-state index contributed by atoms with van der Waals surface area (Å²) >= 11 is 0. The molecule has 0 N–H and O–H groups in total. The number of ether oxygens (including phenoxy) is 3. The Morgan fingerprint density at radius 1 is 1.16 bits per heavy atom. The molecule has 1 saturated heterocycles. The second-order valence-electron chi connectivity index (χ2n) is 9.87. The van der Waals surface area contributed by atoms with Crippen LogP contribution in [-0.2, 0) is 18.4 Å². The Bertz CT molecular complexity index is 1180. The Kier molecular flexibility index (Phi) is 4.03. The smallest absolute Gasteiger partial charge is 0.231 e. The van der Waals surface area contributed by atoms with Crippen molar-refractivity contribution in [1.82, 2.24) is 19.5 Å². The standard InChI is InChI=1S/C24H28N4O3/c1-24(2,3)21-10-22-25-11-16-17-6-5-15(9-18(16)28(22)26-21)27(17)12-14-7-19(29-4)23-20(8-14)30-13-31-23/h7-8,10-11,15,17H,5-6,9,12-13H2,1-4H3/t15-,17+/m1/s1. The molecule has 0 amide bonds. The lowest BCUT2D eigenvalue weighted by atomic mass is 9.93. The molecule has 0 saturated carbocycles. The van der Waals surface area contributed by atoms with Crippen LogP contribution in [0.15, 0.2) is 24.4 Å². The van der Waals surface area contributed by atoms with Crippen molar-refractivity contribution in [3.63, 3.8) is 0 Å². The maximum Gasteiger partial charge on any atom is 0.231 e. The molecule has 0 spiro atoms. The van der Waals surface area contributed by atoms with Crippen LogP contribution < -0.4 is 14.2 Å². The van der Waals surface area contributed by atoms with Gasteiger partial charge in [-0.05, 0) is 30.5 Å². The van der Waals surface area contributed by atoms with Gasteiger partial charge in [0, 0.05) is 48.3 Å². The van der Waals surface area contributed by atoms with Crippen LogP contribution in [0.3, 0.4) is 0 Å². The van der Waals surface area contributed by atoms with Crippen molar-refractivity contribution in [1.29, 1.82) is 0 Å². The minimum atomic E-state index is 0.0126. The SMILES string of the molecule is COc1cc(CN2[C@@H]3CC[C@H]2c2cnc4cc(C(C)(C)C)nn4c2C3)cc2c1OCO2. The van der Waals surface area contributed by atoms with Crippen molar-refractivity contribution in [2.45, 2.75) is 64.1 Å². The molecule has 0 aliphatic carbocycles. The summed E-state index contributed by atoms with van der Waals surface area (Å²) in [6.07, 6.45) is 5.42. The zero-order chi connectivity index (χ0) is 21.3. The van der Waals surface area contributed by atoms with Crippen LogP contribution in [0, 0.1) is 0 Å². The van der Waals surface area contributed by atoms with Gasteiger partial charge in [0.15, 0.2) is 17.1 Å². The molecule has 1 fully saturated rings. The molecular formula is C24H28N4O3. The van der Waals surface area contributed by atoms with Crippen molar-refractivity contribution < 1.29 is 14.2 Å². The summed E-state index contributed by atoms with van der Waals surface area (Å²) in [5.74, 6) is 2.22. The van der Waals surface area contributed by atoms with Crippen LogP contribution in [0.2, 0.25) is 0 Å². The molecule has 5 heterocycles. The zero-order valence-corrected chi connectivity index (χ0v) is 18.5. The molecule has 0 unspecified atom stereocenters. The average molecular weight is 421 g/mol. The van der Waals surface area contributed by atoms with Gasteiger partial charge in [0.05, 0.1) is 18.5 Å². The lowest BCUT2D eigenvalue weighted by Crippen LogP contribution is -2.38. The molecule has 162 valence electrons. The molecule has 1 aromatic carbocycles. The molecule has 3 aliphatic heterocycles. The van der Waals surface area contributed by atoms with E-state index in [2.05, 4.69) is 54.6 Å². The second kappa shape index (κ2) is 6.60. The third-order valence-corrected chi connectivity index (χ3v) is 6.90. The Labute approximate surface area is 181 Å². The normalized spacial score (nSPS) is 22.2. The first kappa shape index (κ1) is 18.9. The Balaban J connectivity index is 1.36. The van der Waals surface area contributed by atoms with Gasteiger partial charge in [-0.25, -0.2) is 9.50 Å². The molecular weight excluding hydrogens is 392 g/mol. The summed E-state index contributed by atoms with van der Waals surface area (Å²) in [4.78, 5) is 7.39. The van der Waals surface area contributed by atoms with Crippen LogP contribution in [0.1, 0.15) is 62.2 Å². The van der Waals surface area contributed by atoms with Crippen LogP contribution in [0.25, 0.3) is 5.65 Å². The minimum Gasteiger partial charge on any atom is -0.493 e. The summed E-state index contributed by atoms with van der Waals surface area (Å²) in [5, 5.41) is 4.95. The molecule has 2 bridgehead atoms. The quantitative estimate of drug-likeness (QED) is 0.638. The maximum absolute atomic E-state index is 5.63. The van der Waals surface area contributed by atoms with Crippen molar-refractivity contribution in [3.05, 3.63) is 46.9 Å². The topological polar surface area (TPSA) is 61.1 Å². The van der Waals surface area contributed by atoms with Crippen LogP contribution in [0.4, 0.5) is 0 Å². The fourth-order valence-electron chi connectivity index (χ4n) is 5.28. The van der Waals surface area contributed by atoms with Gasteiger partial charge in [0.25, 0.3) is 0 Å². The molecule has 2 atom stereocenters. The van der Waals surface area contributed by atoms with E-state index in [1.54, 1.807) is 7.11 Å². The molecule has 2 aromatic heterocycles. The number of aromatic nitrogens is 3. The van der Waals surface area contributed by atoms with Crippen LogP contribution >= 0.6 is 0 Å². The maximum atomic E-state index is 5.63. The number of rotatable bonds is 3. The summed E-state index contributed by atoms with van der Waals surface area (Å²) in [6.45, 7) is 7.70. The number of methoxy groups -OCH3 is 1. The summed E-state index contributed by atoms with van der Waals surface area (Å²) < 4.78 is 18.8. The fraction of sp³-hybridized carbons (Fsp3) is 0.500. The van der Waals surface area contributed by atoms with E-state index in [4.69, 9.17) is 24.3 Å². The number of hydrogen-bond donors (Lipinski definition) is 0. The van der Waals surface area contributed by atoms with E-state index in [1.165, 1.54) is 23.2 Å². The summed E-state index contributed by atoms with van der Waals surface area (Å²) in [5.41, 5.74) is 5.89. The Morgan fingerprint density at radius 3 is 2.84 bits per heavy atom. The van der Waals surface area contributed by atoms with Gasteiger partial charge < -0.3 is 14.2 Å². The molecule has 7 nitrogen and oxygen atoms in total. The lowest BCUT2D eigenvalue weighted by molar-refractivity contribution is 0.164. The minimum absolute atomic E-state index is 0.0126. The third-order valence-electron chi connectivity index (χ3n) is 6.90. The van der Waals surface area contributed by atoms with Crippen molar-refractivity contribution in [3.8, 4) is 17.2 Å². The van der Waals surface area contributed by atoms with E-state index in [0.717, 1.165) is 42.2 Å². The van der Waals surface area contributed by atoms with E-state index in [9.17, 15) is 0 Å². The number of hydrogen-bond acceptors (Lipinski definition) is 6. The van der Waals surface area contributed by atoms with E-state index in [1.807, 2.05) is 0 Å². The van der Waals surface area contributed by atoms with E-state index < -0.39 is 0 Å². The second-order valence-corrected chi connectivity index (χ2v) is 9.87. The van der Waals surface area contributed by atoms with Gasteiger partial charge in [-0.3, -0.25) is 4.90 Å². The average Bonchev–Trinajstić information content (AvgIpc) is 3.44. The van der Waals surface area contributed by atoms with Crippen molar-refractivity contribution in [2.75, 3.05) is 13.9 Å². The van der Waals surface area contributed by atoms with Gasteiger partial charge in [0.1, 0.15) is 0 Å². The highest BCUT2D eigenvalue weighted by Crippen LogP contribution is 2.46. The predicted octanol–water partition coefficient (Wildman–Crippen LogP) is 4.03. The van der Waals surface area contributed by atoms with Crippen LogP contribution in [0.5, 0.6) is 17.2 Å². The molecule has 3 aromatic rings. The summed E-state index contributed by atoms with van der Waals surface area (Å²) in [6, 6.07) is 7.16. The molecule has 0 radical (unpaired) electrons. The molecule has 6 rings (SSSR count). The zero-order valence-electron chi connectivity index (χ0n) is 18.5. The van der Waals surface area contributed by atoms with Gasteiger partial charge in [-0.1, -0.05) is 20.8 Å². The highest BCUT2D eigenvalue weighted by Gasteiger charge is 2.41. The van der Waals surface area contributed by atoms with Crippen LogP contribution in [-0.4, -0.2) is 39.4 Å². The van der Waals surface area contributed by atoms with Gasteiger partial charge in [-0.15, -0.1) is 0 Å². The monoisotopic (exact) mass is 420 g/mol. The van der Waals surface area contributed by atoms with Crippen molar-refractivity contribution >= 4 is 5.65 Å². The number of nitrogens with zero attached hydrogens (tertiary/aromatic N) is 4.